The largest absolute Gasteiger partial charge is 0.456 e. The molecular formula is C42H27NO. The van der Waals surface area contributed by atoms with E-state index in [0.29, 0.717) is 0 Å². The number of benzene rings is 8. The average Bonchev–Trinajstić information content (AvgIpc) is 3.45. The van der Waals surface area contributed by atoms with Crippen LogP contribution in [0.4, 0.5) is 17.1 Å². The molecule has 0 radical (unpaired) electrons. The van der Waals surface area contributed by atoms with Gasteiger partial charge < -0.3 is 9.32 Å². The van der Waals surface area contributed by atoms with Gasteiger partial charge in [-0.15, -0.1) is 0 Å². The SMILES string of the molecule is c1ccc(-c2ccc3cc(N(c4cccc5ccccc45)c4cccc5cc6c(cc45)oc4ccccc46)ccc3c2)cc1. The molecule has 9 aromatic rings. The lowest BCUT2D eigenvalue weighted by molar-refractivity contribution is 0.669. The number of hydrogen-bond acceptors (Lipinski definition) is 2. The van der Waals surface area contributed by atoms with Crippen molar-refractivity contribution in [2.75, 3.05) is 4.90 Å². The Morgan fingerprint density at radius 1 is 0.341 bits per heavy atom. The lowest BCUT2D eigenvalue weighted by atomic mass is 9.99. The Kier molecular flexibility index (Phi) is 5.54. The van der Waals surface area contributed by atoms with Crippen LogP contribution in [-0.2, 0) is 0 Å². The van der Waals surface area contributed by atoms with Gasteiger partial charge in [-0.25, -0.2) is 0 Å². The van der Waals surface area contributed by atoms with Crippen molar-refractivity contribution in [2.24, 2.45) is 0 Å². The Labute approximate surface area is 255 Å². The van der Waals surface area contributed by atoms with Crippen LogP contribution in [0.1, 0.15) is 0 Å². The number of fused-ring (bicyclic) bond motifs is 6. The van der Waals surface area contributed by atoms with Crippen LogP contribution < -0.4 is 4.90 Å². The minimum absolute atomic E-state index is 0.899. The third-order valence-electron chi connectivity index (χ3n) is 8.79. The van der Waals surface area contributed by atoms with Gasteiger partial charge >= 0.3 is 0 Å². The Hall–Kier alpha value is -5.86. The fourth-order valence-electron chi connectivity index (χ4n) is 6.67. The number of furan rings is 1. The first-order valence-corrected chi connectivity index (χ1v) is 15.0. The van der Waals surface area contributed by atoms with E-state index in [2.05, 4.69) is 157 Å². The van der Waals surface area contributed by atoms with E-state index >= 15 is 0 Å². The summed E-state index contributed by atoms with van der Waals surface area (Å²) in [5.74, 6) is 0. The molecule has 0 aliphatic carbocycles. The van der Waals surface area contributed by atoms with Crippen molar-refractivity contribution >= 4 is 71.3 Å². The number of anilines is 3. The minimum Gasteiger partial charge on any atom is -0.456 e. The van der Waals surface area contributed by atoms with Crippen LogP contribution in [0.2, 0.25) is 0 Å². The van der Waals surface area contributed by atoms with Crippen molar-refractivity contribution in [2.45, 2.75) is 0 Å². The molecular weight excluding hydrogens is 534 g/mol. The molecule has 0 bridgehead atoms. The fourth-order valence-corrected chi connectivity index (χ4v) is 6.67. The topological polar surface area (TPSA) is 16.4 Å². The second-order valence-corrected chi connectivity index (χ2v) is 11.4. The van der Waals surface area contributed by atoms with E-state index < -0.39 is 0 Å². The van der Waals surface area contributed by atoms with Crippen LogP contribution >= 0.6 is 0 Å². The van der Waals surface area contributed by atoms with Crippen molar-refractivity contribution in [3.05, 3.63) is 164 Å². The molecule has 0 amide bonds. The maximum atomic E-state index is 6.36. The third-order valence-corrected chi connectivity index (χ3v) is 8.79. The van der Waals surface area contributed by atoms with Crippen LogP contribution in [-0.4, -0.2) is 0 Å². The van der Waals surface area contributed by atoms with Gasteiger partial charge in [0.2, 0.25) is 0 Å². The van der Waals surface area contributed by atoms with E-state index in [1.165, 1.54) is 38.1 Å². The normalized spacial score (nSPS) is 11.6. The molecule has 0 fully saturated rings. The second-order valence-electron chi connectivity index (χ2n) is 11.4. The number of hydrogen-bond donors (Lipinski definition) is 0. The van der Waals surface area contributed by atoms with Crippen molar-refractivity contribution in [3.63, 3.8) is 0 Å². The smallest absolute Gasteiger partial charge is 0.136 e. The van der Waals surface area contributed by atoms with E-state index in [1.54, 1.807) is 0 Å². The van der Waals surface area contributed by atoms with Crippen molar-refractivity contribution < 1.29 is 4.42 Å². The van der Waals surface area contributed by atoms with Crippen molar-refractivity contribution in [1.82, 2.24) is 0 Å². The first-order valence-electron chi connectivity index (χ1n) is 15.0. The van der Waals surface area contributed by atoms with Crippen molar-refractivity contribution in [3.8, 4) is 11.1 Å². The molecule has 0 saturated heterocycles. The molecule has 9 rings (SSSR count). The summed E-state index contributed by atoms with van der Waals surface area (Å²) in [6, 6.07) is 58.7. The molecule has 0 saturated carbocycles. The summed E-state index contributed by atoms with van der Waals surface area (Å²) < 4.78 is 6.36. The number of rotatable bonds is 4. The molecule has 0 N–H and O–H groups in total. The predicted octanol–water partition coefficient (Wildman–Crippen LogP) is 12.2. The predicted molar refractivity (Wildman–Crippen MR) is 186 cm³/mol. The fraction of sp³-hybridized carbons (Fsp3) is 0. The highest BCUT2D eigenvalue weighted by Gasteiger charge is 2.19. The van der Waals surface area contributed by atoms with Gasteiger partial charge in [0, 0.05) is 27.2 Å². The average molecular weight is 562 g/mol. The van der Waals surface area contributed by atoms with Crippen LogP contribution in [0, 0.1) is 0 Å². The summed E-state index contributed by atoms with van der Waals surface area (Å²) in [7, 11) is 0. The maximum absolute atomic E-state index is 6.36. The van der Waals surface area contributed by atoms with Crippen LogP contribution in [0.15, 0.2) is 168 Å². The summed E-state index contributed by atoms with van der Waals surface area (Å²) in [6.07, 6.45) is 0. The molecule has 8 aromatic carbocycles. The standard InChI is InChI=1S/C42H27NO/c1-2-10-28(11-3-1)30-20-21-32-25-34(23-22-31(32)24-30)43(39-17-8-13-29-12-4-5-15-35(29)39)40-18-9-14-33-26-38-36-16-6-7-19-41(36)44-42(38)27-37(33)40/h1-27H. The molecule has 2 heteroatoms. The van der Waals surface area contributed by atoms with Crippen LogP contribution in [0.25, 0.3) is 65.4 Å². The summed E-state index contributed by atoms with van der Waals surface area (Å²) in [5.41, 5.74) is 7.62. The Bertz CT molecular complexity index is 2500. The van der Waals surface area contributed by atoms with Gasteiger partial charge in [0.25, 0.3) is 0 Å². The summed E-state index contributed by atoms with van der Waals surface area (Å²) in [5, 5.41) is 9.44. The first kappa shape index (κ1) is 24.7. The zero-order valence-corrected chi connectivity index (χ0v) is 23.9. The van der Waals surface area contributed by atoms with E-state index in [-0.39, 0.29) is 0 Å². The van der Waals surface area contributed by atoms with Gasteiger partial charge in [-0.05, 0) is 81.2 Å². The molecule has 0 unspecified atom stereocenters. The molecule has 1 heterocycles. The third kappa shape index (κ3) is 3.96. The van der Waals surface area contributed by atoms with Gasteiger partial charge in [-0.1, -0.05) is 115 Å². The monoisotopic (exact) mass is 561 g/mol. The molecule has 0 aliphatic heterocycles. The highest BCUT2D eigenvalue weighted by Crippen LogP contribution is 2.44. The number of nitrogens with zero attached hydrogens (tertiary/aromatic N) is 1. The van der Waals surface area contributed by atoms with Gasteiger partial charge in [0.15, 0.2) is 0 Å². The molecule has 0 spiro atoms. The van der Waals surface area contributed by atoms with Crippen LogP contribution in [0.3, 0.4) is 0 Å². The van der Waals surface area contributed by atoms with E-state index in [0.717, 1.165) is 44.4 Å². The summed E-state index contributed by atoms with van der Waals surface area (Å²) >= 11 is 0. The lowest BCUT2D eigenvalue weighted by Gasteiger charge is -2.28. The zero-order chi connectivity index (χ0) is 29.0. The molecule has 0 aliphatic rings. The van der Waals surface area contributed by atoms with Gasteiger partial charge in [0.05, 0.1) is 11.4 Å². The second kappa shape index (κ2) is 9.86. The Morgan fingerprint density at radius 3 is 1.91 bits per heavy atom. The van der Waals surface area contributed by atoms with Crippen LogP contribution in [0.5, 0.6) is 0 Å². The highest BCUT2D eigenvalue weighted by atomic mass is 16.3. The Balaban J connectivity index is 1.29. The molecule has 0 atom stereocenters. The summed E-state index contributed by atoms with van der Waals surface area (Å²) in [6.45, 7) is 0. The first-order chi connectivity index (χ1) is 21.8. The zero-order valence-electron chi connectivity index (χ0n) is 23.9. The summed E-state index contributed by atoms with van der Waals surface area (Å²) in [4.78, 5) is 2.41. The van der Waals surface area contributed by atoms with E-state index in [4.69, 9.17) is 4.42 Å². The van der Waals surface area contributed by atoms with Gasteiger partial charge in [0.1, 0.15) is 11.2 Å². The maximum Gasteiger partial charge on any atom is 0.136 e. The molecule has 2 nitrogen and oxygen atoms in total. The molecule has 206 valence electrons. The van der Waals surface area contributed by atoms with E-state index in [1.807, 2.05) is 12.1 Å². The molecule has 1 aromatic heterocycles. The van der Waals surface area contributed by atoms with Crippen molar-refractivity contribution in [1.29, 1.82) is 0 Å². The minimum atomic E-state index is 0.899. The van der Waals surface area contributed by atoms with E-state index in [9.17, 15) is 0 Å². The molecule has 44 heavy (non-hydrogen) atoms. The highest BCUT2D eigenvalue weighted by molar-refractivity contribution is 6.14. The Morgan fingerprint density at radius 2 is 1.02 bits per heavy atom. The van der Waals surface area contributed by atoms with Gasteiger partial charge in [-0.3, -0.25) is 0 Å². The quantitative estimate of drug-likeness (QED) is 0.212. The number of para-hydroxylation sites is 1. The van der Waals surface area contributed by atoms with Gasteiger partial charge in [-0.2, -0.15) is 0 Å². The lowest BCUT2D eigenvalue weighted by Crippen LogP contribution is -2.11.